The molecule has 0 amide bonds. The van der Waals surface area contributed by atoms with Gasteiger partial charge >= 0.3 is 0 Å². The lowest BCUT2D eigenvalue weighted by molar-refractivity contribution is 0.690. The Kier molecular flexibility index (Phi) is 4.80. The van der Waals surface area contributed by atoms with Crippen LogP contribution in [0.2, 0.25) is 0 Å². The fourth-order valence-corrected chi connectivity index (χ4v) is 2.24. The van der Waals surface area contributed by atoms with E-state index in [1.165, 1.54) is 27.9 Å². The number of aryl methyl sites for hydroxylation is 2. The highest BCUT2D eigenvalue weighted by molar-refractivity contribution is 5.46. The van der Waals surface area contributed by atoms with E-state index >= 15 is 0 Å². The molecule has 106 valence electrons. The number of hydrogen-bond donors (Lipinski definition) is 1. The standard InChI is InChI=1S/C18H24N2/c1-14-5-6-15(2)17(11-14)13-19-12-16-7-9-18(10-8-16)20(3)4/h5-11,19H,12-13H2,1-4H3. The molecular weight excluding hydrogens is 244 g/mol. The molecule has 0 aliphatic heterocycles. The maximum Gasteiger partial charge on any atom is 0.0361 e. The lowest BCUT2D eigenvalue weighted by Gasteiger charge is -2.13. The monoisotopic (exact) mass is 268 g/mol. The normalized spacial score (nSPS) is 10.6. The first-order valence-corrected chi connectivity index (χ1v) is 7.09. The maximum atomic E-state index is 3.52. The highest BCUT2D eigenvalue weighted by Crippen LogP contribution is 2.13. The third-order valence-electron chi connectivity index (χ3n) is 3.60. The number of nitrogens with one attached hydrogen (secondary N) is 1. The van der Waals surface area contributed by atoms with Crippen LogP contribution in [-0.2, 0) is 13.1 Å². The van der Waals surface area contributed by atoms with Gasteiger partial charge in [0.25, 0.3) is 0 Å². The first-order chi connectivity index (χ1) is 9.56. The molecule has 0 fully saturated rings. The molecule has 0 saturated carbocycles. The second-order valence-electron chi connectivity index (χ2n) is 5.59. The predicted molar refractivity (Wildman–Crippen MR) is 87.2 cm³/mol. The lowest BCUT2D eigenvalue weighted by Crippen LogP contribution is -2.14. The van der Waals surface area contributed by atoms with Crippen molar-refractivity contribution >= 4 is 5.69 Å². The SMILES string of the molecule is Cc1ccc(C)c(CNCc2ccc(N(C)C)cc2)c1. The Morgan fingerprint density at radius 3 is 2.25 bits per heavy atom. The summed E-state index contributed by atoms with van der Waals surface area (Å²) < 4.78 is 0. The summed E-state index contributed by atoms with van der Waals surface area (Å²) in [6.07, 6.45) is 0. The van der Waals surface area contributed by atoms with Gasteiger partial charge in [0.1, 0.15) is 0 Å². The van der Waals surface area contributed by atoms with Gasteiger partial charge in [-0.25, -0.2) is 0 Å². The highest BCUT2D eigenvalue weighted by Gasteiger charge is 2.00. The van der Waals surface area contributed by atoms with Crippen molar-refractivity contribution in [3.05, 3.63) is 64.7 Å². The van der Waals surface area contributed by atoms with Crippen LogP contribution in [0, 0.1) is 13.8 Å². The number of benzene rings is 2. The molecule has 0 spiro atoms. The van der Waals surface area contributed by atoms with Crippen LogP contribution < -0.4 is 10.2 Å². The number of nitrogens with zero attached hydrogens (tertiary/aromatic N) is 1. The van der Waals surface area contributed by atoms with E-state index in [1.54, 1.807) is 0 Å². The maximum absolute atomic E-state index is 3.52. The smallest absolute Gasteiger partial charge is 0.0361 e. The Morgan fingerprint density at radius 1 is 0.900 bits per heavy atom. The topological polar surface area (TPSA) is 15.3 Å². The van der Waals surface area contributed by atoms with Gasteiger partial charge in [0, 0.05) is 32.9 Å². The summed E-state index contributed by atoms with van der Waals surface area (Å²) in [4.78, 5) is 2.12. The molecule has 0 bridgehead atoms. The van der Waals surface area contributed by atoms with Gasteiger partial charge in [-0.15, -0.1) is 0 Å². The van der Waals surface area contributed by atoms with E-state index in [4.69, 9.17) is 0 Å². The van der Waals surface area contributed by atoms with E-state index in [0.29, 0.717) is 0 Å². The summed E-state index contributed by atoms with van der Waals surface area (Å²) in [5.74, 6) is 0. The summed E-state index contributed by atoms with van der Waals surface area (Å²) in [6, 6.07) is 15.3. The molecular formula is C18H24N2. The zero-order valence-electron chi connectivity index (χ0n) is 12.9. The molecule has 0 atom stereocenters. The molecule has 2 heteroatoms. The molecule has 2 nitrogen and oxygen atoms in total. The van der Waals surface area contributed by atoms with Crippen LogP contribution in [0.5, 0.6) is 0 Å². The van der Waals surface area contributed by atoms with Crippen LogP contribution in [0.15, 0.2) is 42.5 Å². The van der Waals surface area contributed by atoms with Crippen molar-refractivity contribution < 1.29 is 0 Å². The summed E-state index contributed by atoms with van der Waals surface area (Å²) >= 11 is 0. The largest absolute Gasteiger partial charge is 0.378 e. The van der Waals surface area contributed by atoms with Crippen molar-refractivity contribution in [2.45, 2.75) is 26.9 Å². The molecule has 2 aromatic rings. The Balaban J connectivity index is 1.91. The van der Waals surface area contributed by atoms with E-state index in [1.807, 2.05) is 0 Å². The number of anilines is 1. The first-order valence-electron chi connectivity index (χ1n) is 7.09. The quantitative estimate of drug-likeness (QED) is 0.890. The van der Waals surface area contributed by atoms with Gasteiger partial charge in [0.05, 0.1) is 0 Å². The molecule has 1 N–H and O–H groups in total. The Bertz CT molecular complexity index is 556. The Hall–Kier alpha value is -1.80. The van der Waals surface area contributed by atoms with E-state index in [2.05, 4.69) is 80.6 Å². The Labute approximate surface area is 122 Å². The summed E-state index contributed by atoms with van der Waals surface area (Å²) in [7, 11) is 4.13. The highest BCUT2D eigenvalue weighted by atomic mass is 15.1. The van der Waals surface area contributed by atoms with Crippen molar-refractivity contribution in [3.8, 4) is 0 Å². The molecule has 2 aromatic carbocycles. The van der Waals surface area contributed by atoms with Crippen molar-refractivity contribution in [1.29, 1.82) is 0 Å². The minimum absolute atomic E-state index is 0.904. The summed E-state index contributed by atoms with van der Waals surface area (Å²) in [6.45, 7) is 6.13. The zero-order chi connectivity index (χ0) is 14.5. The Morgan fingerprint density at radius 2 is 1.60 bits per heavy atom. The predicted octanol–water partition coefficient (Wildman–Crippen LogP) is 3.66. The second kappa shape index (κ2) is 6.58. The van der Waals surface area contributed by atoms with Crippen LogP contribution in [0.1, 0.15) is 22.3 Å². The van der Waals surface area contributed by atoms with Crippen LogP contribution >= 0.6 is 0 Å². The van der Waals surface area contributed by atoms with Crippen LogP contribution in [0.3, 0.4) is 0 Å². The number of rotatable bonds is 5. The molecule has 0 unspecified atom stereocenters. The molecule has 20 heavy (non-hydrogen) atoms. The minimum Gasteiger partial charge on any atom is -0.378 e. The van der Waals surface area contributed by atoms with Gasteiger partial charge < -0.3 is 10.2 Å². The molecule has 2 rings (SSSR count). The van der Waals surface area contributed by atoms with Crippen molar-refractivity contribution in [3.63, 3.8) is 0 Å². The van der Waals surface area contributed by atoms with Gasteiger partial charge in [-0.2, -0.15) is 0 Å². The fraction of sp³-hybridized carbons (Fsp3) is 0.333. The lowest BCUT2D eigenvalue weighted by atomic mass is 10.1. The summed E-state index contributed by atoms with van der Waals surface area (Å²) in [5.41, 5.74) is 6.62. The fourth-order valence-electron chi connectivity index (χ4n) is 2.24. The third kappa shape index (κ3) is 3.84. The van der Waals surface area contributed by atoms with E-state index in [-0.39, 0.29) is 0 Å². The van der Waals surface area contributed by atoms with Crippen molar-refractivity contribution in [2.24, 2.45) is 0 Å². The van der Waals surface area contributed by atoms with Crippen molar-refractivity contribution in [1.82, 2.24) is 5.32 Å². The average Bonchev–Trinajstić information content (AvgIpc) is 2.43. The van der Waals surface area contributed by atoms with E-state index in [0.717, 1.165) is 13.1 Å². The average molecular weight is 268 g/mol. The first kappa shape index (κ1) is 14.6. The molecule has 0 heterocycles. The molecule has 0 aliphatic rings. The zero-order valence-corrected chi connectivity index (χ0v) is 12.9. The van der Waals surface area contributed by atoms with Gasteiger partial charge in [0.15, 0.2) is 0 Å². The molecule has 0 aromatic heterocycles. The summed E-state index contributed by atoms with van der Waals surface area (Å²) in [5, 5.41) is 3.52. The van der Waals surface area contributed by atoms with Gasteiger partial charge in [0.2, 0.25) is 0 Å². The second-order valence-corrected chi connectivity index (χ2v) is 5.59. The molecule has 0 saturated heterocycles. The molecule has 0 aliphatic carbocycles. The number of hydrogen-bond acceptors (Lipinski definition) is 2. The van der Waals surface area contributed by atoms with E-state index < -0.39 is 0 Å². The van der Waals surface area contributed by atoms with Gasteiger partial charge in [-0.3, -0.25) is 0 Å². The van der Waals surface area contributed by atoms with Crippen LogP contribution in [0.25, 0.3) is 0 Å². The minimum atomic E-state index is 0.904. The third-order valence-corrected chi connectivity index (χ3v) is 3.60. The molecule has 0 radical (unpaired) electrons. The van der Waals surface area contributed by atoms with Crippen LogP contribution in [0.4, 0.5) is 5.69 Å². The van der Waals surface area contributed by atoms with Gasteiger partial charge in [-0.05, 0) is 42.7 Å². The van der Waals surface area contributed by atoms with Gasteiger partial charge in [-0.1, -0.05) is 35.9 Å². The van der Waals surface area contributed by atoms with Crippen LogP contribution in [-0.4, -0.2) is 14.1 Å². The van der Waals surface area contributed by atoms with E-state index in [9.17, 15) is 0 Å². The van der Waals surface area contributed by atoms with Crippen molar-refractivity contribution in [2.75, 3.05) is 19.0 Å².